The molecule has 0 spiro atoms. The fraction of sp³-hybridized carbons (Fsp3) is 0. The number of hydrogen-bond donors (Lipinski definition) is 0. The van der Waals surface area contributed by atoms with E-state index in [1.54, 1.807) is 146 Å². The van der Waals surface area contributed by atoms with Crippen LogP contribution in [0.1, 0.15) is 0 Å². The van der Waals surface area contributed by atoms with Gasteiger partial charge in [-0.2, -0.15) is 126 Å². The van der Waals surface area contributed by atoms with E-state index in [9.17, 15) is 132 Å². The van der Waals surface area contributed by atoms with Crippen molar-refractivity contribution in [2.24, 2.45) is 0 Å². The fourth-order valence-electron chi connectivity index (χ4n) is 13.4. The highest BCUT2D eigenvalue weighted by atomic mass is 14.5. The number of rotatable bonds is 6. The molecule has 0 unspecified atom stereocenters. The molecule has 0 N–H and O–H groups in total. The fourth-order valence-corrected chi connectivity index (χ4v) is 13.4. The number of nitriles is 25. The van der Waals surface area contributed by atoms with Gasteiger partial charge in [-0.05, 0) is 11.1 Å². The number of allylic oxidation sites excluding steroid dienone is 24. The van der Waals surface area contributed by atoms with Crippen LogP contribution in [0.15, 0.2) is 145 Å². The van der Waals surface area contributed by atoms with E-state index in [2.05, 4.69) is 5.97 Å². The maximum atomic E-state index is 12.3. The number of fused-ring (bicyclic) bond motifs is 3. The van der Waals surface area contributed by atoms with Crippen molar-refractivity contribution in [3.63, 3.8) is 0 Å². The molecule has 32 heteroatoms. The van der Waals surface area contributed by atoms with Crippen LogP contribution in [0.25, 0.3) is 11.1 Å². The van der Waals surface area contributed by atoms with E-state index in [1.165, 1.54) is 0 Å². The summed E-state index contributed by atoms with van der Waals surface area (Å²) in [6.45, 7) is -15.4. The summed E-state index contributed by atoms with van der Waals surface area (Å²) < 4.78 is 0. The van der Waals surface area contributed by atoms with Gasteiger partial charge >= 0.3 is 6.71 Å². The molecule has 2 aromatic carbocycles. The van der Waals surface area contributed by atoms with Crippen LogP contribution in [-0.2, 0) is 0 Å². The van der Waals surface area contributed by atoms with Gasteiger partial charge in [0.2, 0.25) is 0 Å². The van der Waals surface area contributed by atoms with Crippen LogP contribution in [0.2, 0.25) is 0 Å². The highest BCUT2D eigenvalue weighted by molar-refractivity contribution is 7.12. The quantitative estimate of drug-likeness (QED) is 0.289. The summed E-state index contributed by atoms with van der Waals surface area (Å²) in [5.41, 5.74) is -24.8. The van der Waals surface area contributed by atoms with Gasteiger partial charge in [0.05, 0.1) is 140 Å². The van der Waals surface area contributed by atoms with E-state index in [-0.39, 0.29) is 0 Å². The number of hydrogen-bond acceptors (Lipinski definition) is 25. The Kier molecular flexibility index (Phi) is 15.1. The molecular weight excluding hydrogens is 1160 g/mol. The third-order valence-corrected chi connectivity index (χ3v) is 16.7. The Morgan fingerprint density at radius 3 is 0.462 bits per heavy atom. The molecule has 7 aliphatic rings. The molecule has 9 rings (SSSR count). The zero-order chi connectivity index (χ0) is 67.8. The second-order valence-corrected chi connectivity index (χ2v) is 19.8. The van der Waals surface area contributed by atoms with Gasteiger partial charge < -0.3 is 0 Å². The van der Waals surface area contributed by atoms with Gasteiger partial charge in [-0.3, -0.25) is 0 Å². The van der Waals surface area contributed by atoms with E-state index < -0.39 is 234 Å². The molecule has 93 heavy (non-hydrogen) atoms. The highest BCUT2D eigenvalue weighted by Gasteiger charge is 2.57. The van der Waals surface area contributed by atoms with E-state index in [0.717, 1.165) is 12.1 Å². The van der Waals surface area contributed by atoms with Crippen LogP contribution in [0, 0.1) is 283 Å². The van der Waals surface area contributed by atoms with Crippen molar-refractivity contribution in [1.82, 2.24) is 0 Å². The van der Waals surface area contributed by atoms with Crippen LogP contribution in [0.5, 0.6) is 0 Å². The Morgan fingerprint density at radius 1 is 0.172 bits per heavy atom. The largest absolute Gasteiger partial charge is 0.332 e. The smallest absolute Gasteiger partial charge is 0.212 e. The molecule has 0 saturated carbocycles. The molecule has 7 heterocycles. The first kappa shape index (κ1) is 60.6. The molecule has 392 valence electrons. The second-order valence-electron chi connectivity index (χ2n) is 19.8. The summed E-state index contributed by atoms with van der Waals surface area (Å²) in [5.74, 6) is 2.08. The number of benzene rings is 2. The minimum atomic E-state index is -2.28. The second kappa shape index (κ2) is 23.2. The Morgan fingerprint density at radius 2 is 0.323 bits per heavy atom. The summed E-state index contributed by atoms with van der Waals surface area (Å²) in [5, 5.41) is 276. The summed E-state index contributed by atoms with van der Waals surface area (Å²) in [4.78, 5) is 0. The van der Waals surface area contributed by atoms with Gasteiger partial charge in [0, 0.05) is 71.6 Å². The van der Waals surface area contributed by atoms with Crippen molar-refractivity contribution >= 4 is 90.7 Å². The lowest BCUT2D eigenvalue weighted by atomic mass is 9.20. The maximum Gasteiger partial charge on any atom is 0.332 e. The summed E-state index contributed by atoms with van der Waals surface area (Å²) >= 11 is 0. The van der Waals surface area contributed by atoms with Crippen LogP contribution < -0.4 is 43.7 Å². The molecule has 25 nitrogen and oxygen atoms in total. The maximum absolute atomic E-state index is 12.3. The van der Waals surface area contributed by atoms with E-state index in [0.29, 0.717) is 0 Å². The van der Waals surface area contributed by atoms with Crippen LogP contribution in [0.3, 0.4) is 0 Å². The molecule has 0 bridgehead atoms. The van der Waals surface area contributed by atoms with Crippen molar-refractivity contribution < 1.29 is 0 Å². The van der Waals surface area contributed by atoms with E-state index in [4.69, 9.17) is 0 Å². The predicted octanol–water partition coefficient (Wildman–Crippen LogP) is -1.77. The summed E-state index contributed by atoms with van der Waals surface area (Å²) in [6, 6.07) is 44.2. The number of nitrogens with zero attached hydrogens (tertiary/aromatic N) is 25. The standard InChI is InChI=1S/C61H2B7N25/c69-3-30-31(4-70)45(16-82)63(44(30)15-81)42-1-28-29-2-43(64-46(17-83)32(5-71)33(6-72)47(64)18-84)59(66-50(21-87)36(9-75)37(10-76)51(66)22-88)61(68-54(25-91)40(13-79)41(14-80)55(68)26-92)57(29)62(27-93)56(28)60(67-52(23-89)38(11-77)39(12-78)53(67)24-90)58(42)65-48(19-85)34(7-73)35(8-74)49(65)20-86/h1-2H. The van der Waals surface area contributed by atoms with Crippen molar-refractivity contribution in [2.45, 2.75) is 0 Å². The van der Waals surface area contributed by atoms with Gasteiger partial charge in [-0.15, -0.1) is 0 Å². The van der Waals surface area contributed by atoms with Gasteiger partial charge in [0.15, 0.2) is 0 Å². The van der Waals surface area contributed by atoms with Gasteiger partial charge in [-0.25, -0.2) is 5.26 Å². The van der Waals surface area contributed by atoms with Gasteiger partial charge in [0.25, 0.3) is 40.3 Å². The lowest BCUT2D eigenvalue weighted by Crippen LogP contribution is -2.70. The lowest BCUT2D eigenvalue weighted by Gasteiger charge is -2.28. The first-order chi connectivity index (χ1) is 45.2. The minimum Gasteiger partial charge on any atom is -0.212 e. The first-order valence-electron chi connectivity index (χ1n) is 25.6. The minimum absolute atomic E-state index is 0.484. The molecule has 0 aliphatic carbocycles. The molecule has 2 aromatic rings. The van der Waals surface area contributed by atoms with Crippen LogP contribution >= 0.6 is 0 Å². The average Bonchev–Trinajstić information content (AvgIpc) is 1.53. The Bertz CT molecular complexity index is 5290. The molecular formula is C61H2B7N25. The molecule has 0 amide bonds. The molecule has 7 aliphatic heterocycles. The highest BCUT2D eigenvalue weighted by Crippen LogP contribution is 2.40. The monoisotopic (exact) mass is 1160 g/mol. The average molecular weight is 1160 g/mol. The van der Waals surface area contributed by atoms with Crippen molar-refractivity contribution in [2.75, 3.05) is 0 Å². The third-order valence-electron chi connectivity index (χ3n) is 16.7. The predicted molar refractivity (Wildman–Crippen MR) is 314 cm³/mol. The first-order valence-corrected chi connectivity index (χ1v) is 25.6. The summed E-state index contributed by atoms with van der Waals surface area (Å²) in [7, 11) is 0. The molecule has 0 radical (unpaired) electrons. The molecule has 0 atom stereocenters. The van der Waals surface area contributed by atoms with Gasteiger partial charge in [-0.1, -0.05) is 55.8 Å². The van der Waals surface area contributed by atoms with Crippen molar-refractivity contribution in [1.29, 1.82) is 132 Å². The Balaban J connectivity index is 1.77. The van der Waals surface area contributed by atoms with E-state index >= 15 is 0 Å². The van der Waals surface area contributed by atoms with Crippen LogP contribution in [-0.4, -0.2) is 47.0 Å². The van der Waals surface area contributed by atoms with E-state index in [1.807, 2.05) is 0 Å². The van der Waals surface area contributed by atoms with Crippen LogP contribution in [0.4, 0.5) is 0 Å². The lowest BCUT2D eigenvalue weighted by molar-refractivity contribution is 1.42. The zero-order valence-electron chi connectivity index (χ0n) is 45.9. The zero-order valence-corrected chi connectivity index (χ0v) is 45.9. The summed E-state index contributed by atoms with van der Waals surface area (Å²) in [6.07, 6.45) is 0. The Hall–Kier alpha value is -17.0. The Labute approximate surface area is 527 Å². The van der Waals surface area contributed by atoms with Gasteiger partial charge in [0.1, 0.15) is 72.8 Å². The SMILES string of the molecule is N#CB1c2c(cc(B3C(C#N)=C(C#N)C(C#N)=C3C#N)c(B3C(C#N)=C(C#N)C(C#N)=C3C#N)c2B2C(C#N)=C(C#N)C(C#N)=C2C#N)-c2cc(B3C(C#N)=C(C#N)C(C#N)=C3C#N)c(B3C(C#N)=C(C#N)C(C#N)=C3C#N)c(B3C(C#N)=C(C#N)C(C#N)=C3C#N)c21. The molecule has 0 aromatic heterocycles. The third kappa shape index (κ3) is 7.63. The molecule has 0 saturated heterocycles. The van der Waals surface area contributed by atoms with Crippen molar-refractivity contribution in [3.8, 4) is 163 Å². The normalized spacial score (nSPS) is 15.5. The molecule has 0 fully saturated rings. The topological polar surface area (TPSA) is 595 Å². The van der Waals surface area contributed by atoms with Crippen molar-refractivity contribution in [3.05, 3.63) is 145 Å².